The summed E-state index contributed by atoms with van der Waals surface area (Å²) in [5.74, 6) is -12.0. The van der Waals surface area contributed by atoms with E-state index in [2.05, 4.69) is 11.7 Å². The molecule has 0 fully saturated rings. The van der Waals surface area contributed by atoms with E-state index in [1.165, 1.54) is 0 Å². The second-order valence-electron chi connectivity index (χ2n) is 11.2. The summed E-state index contributed by atoms with van der Waals surface area (Å²) in [6.45, 7) is 2.09. The van der Waals surface area contributed by atoms with Crippen molar-refractivity contribution in [2.75, 3.05) is 0 Å². The molecule has 11 heteroatoms. The molecule has 0 aliphatic heterocycles. The van der Waals surface area contributed by atoms with Gasteiger partial charge in [0.2, 0.25) is 0 Å². The first-order valence-electron chi connectivity index (χ1n) is 15.0. The second kappa shape index (κ2) is 14.6. The maximum atomic E-state index is 15.2. The van der Waals surface area contributed by atoms with Gasteiger partial charge in [0.15, 0.2) is 17.5 Å². The molecule has 0 aliphatic rings. The van der Waals surface area contributed by atoms with Crippen LogP contribution in [0.4, 0.5) is 43.9 Å². The fourth-order valence-corrected chi connectivity index (χ4v) is 5.22. The third kappa shape index (κ3) is 8.16. The van der Waals surface area contributed by atoms with Gasteiger partial charge in [0.25, 0.3) is 0 Å². The van der Waals surface area contributed by atoms with Crippen LogP contribution in [0.2, 0.25) is 0 Å². The van der Waals surface area contributed by atoms with E-state index in [1.54, 1.807) is 12.1 Å². The molecule has 0 aliphatic carbocycles. The number of aryl methyl sites for hydroxylation is 1. The van der Waals surface area contributed by atoms with Gasteiger partial charge in [-0.25, -0.2) is 35.1 Å². The van der Waals surface area contributed by atoms with Gasteiger partial charge in [0.1, 0.15) is 34.8 Å². The Morgan fingerprint density at radius 2 is 1.14 bits per heavy atom. The number of alkyl halides is 2. The van der Waals surface area contributed by atoms with Crippen molar-refractivity contribution in [1.29, 1.82) is 0 Å². The minimum Gasteiger partial charge on any atom is -0.429 e. The quantitative estimate of drug-likeness (QED) is 0.0763. The van der Waals surface area contributed by atoms with Crippen LogP contribution in [0.5, 0.6) is 5.75 Å². The molecule has 0 amide bonds. The number of unbranched alkanes of at least 4 members (excludes halogenated alkanes) is 2. The molecular formula is C38H26F10O. The zero-order valence-electron chi connectivity index (χ0n) is 25.7. The Balaban J connectivity index is 1.33. The third-order valence-electron chi connectivity index (χ3n) is 7.70. The molecule has 0 heterocycles. The van der Waals surface area contributed by atoms with Gasteiger partial charge in [-0.15, -0.1) is 0 Å². The fourth-order valence-electron chi connectivity index (χ4n) is 5.22. The van der Waals surface area contributed by atoms with E-state index in [1.807, 2.05) is 12.1 Å². The average molecular weight is 689 g/mol. The van der Waals surface area contributed by atoms with Gasteiger partial charge < -0.3 is 4.74 Å². The maximum Gasteiger partial charge on any atom is 0.419 e. The Labute approximate surface area is 275 Å². The Hall–Kier alpha value is -5.06. The standard InChI is InChI=1S/C38H26F10O/c1-2-3-4-5-21-6-8-22(9-7-21)23-14-32(42)36(33(43)15-23)25-18-29(39)28(30(40)19-25)12-13-38(47,48)49-26-10-11-27(31(41)20-26)24-16-34(44)37(46)35(45)17-24/h6-20H,2-5H2,1H3/b13-12+. The predicted octanol–water partition coefficient (Wildman–Crippen LogP) is 12.2. The minimum absolute atomic E-state index is 0.0320. The number of rotatable bonds is 11. The molecule has 0 radical (unpaired) electrons. The van der Waals surface area contributed by atoms with Gasteiger partial charge in [-0.2, -0.15) is 8.78 Å². The smallest absolute Gasteiger partial charge is 0.419 e. The highest BCUT2D eigenvalue weighted by Gasteiger charge is 2.29. The van der Waals surface area contributed by atoms with E-state index in [-0.39, 0.29) is 11.6 Å². The third-order valence-corrected chi connectivity index (χ3v) is 7.70. The second-order valence-corrected chi connectivity index (χ2v) is 11.2. The summed E-state index contributed by atoms with van der Waals surface area (Å²) in [5, 5.41) is 0. The van der Waals surface area contributed by atoms with Crippen LogP contribution < -0.4 is 4.74 Å². The molecule has 0 unspecified atom stereocenters. The normalized spacial score (nSPS) is 11.8. The van der Waals surface area contributed by atoms with E-state index in [4.69, 9.17) is 0 Å². The zero-order valence-corrected chi connectivity index (χ0v) is 25.7. The molecule has 0 bridgehead atoms. The summed E-state index contributed by atoms with van der Waals surface area (Å²) in [4.78, 5) is 0. The topological polar surface area (TPSA) is 9.23 Å². The Morgan fingerprint density at radius 1 is 0.571 bits per heavy atom. The number of hydrogen-bond donors (Lipinski definition) is 0. The lowest BCUT2D eigenvalue weighted by atomic mass is 9.96. The van der Waals surface area contributed by atoms with E-state index < -0.39 is 86.2 Å². The predicted molar refractivity (Wildman–Crippen MR) is 167 cm³/mol. The molecule has 254 valence electrons. The van der Waals surface area contributed by atoms with Crippen LogP contribution in [0, 0.1) is 46.5 Å². The summed E-state index contributed by atoms with van der Waals surface area (Å²) < 4.78 is 149. The van der Waals surface area contributed by atoms with Crippen molar-refractivity contribution in [2.24, 2.45) is 0 Å². The number of benzene rings is 5. The van der Waals surface area contributed by atoms with E-state index >= 15 is 8.78 Å². The maximum absolute atomic E-state index is 15.2. The van der Waals surface area contributed by atoms with Crippen molar-refractivity contribution in [2.45, 2.75) is 38.7 Å². The van der Waals surface area contributed by atoms with Gasteiger partial charge >= 0.3 is 6.11 Å². The van der Waals surface area contributed by atoms with Crippen molar-refractivity contribution in [1.82, 2.24) is 0 Å². The largest absolute Gasteiger partial charge is 0.429 e. The zero-order chi connectivity index (χ0) is 35.5. The summed E-state index contributed by atoms with van der Waals surface area (Å²) in [7, 11) is 0. The highest BCUT2D eigenvalue weighted by molar-refractivity contribution is 5.73. The van der Waals surface area contributed by atoms with Gasteiger partial charge in [-0.05, 0) is 95.3 Å². The Kier molecular flexibility index (Phi) is 10.5. The van der Waals surface area contributed by atoms with Crippen molar-refractivity contribution in [3.8, 4) is 39.1 Å². The van der Waals surface area contributed by atoms with Crippen molar-refractivity contribution >= 4 is 6.08 Å². The van der Waals surface area contributed by atoms with E-state index in [0.29, 0.717) is 42.0 Å². The first-order valence-corrected chi connectivity index (χ1v) is 15.0. The molecule has 5 rings (SSSR count). The molecule has 5 aromatic carbocycles. The fraction of sp³-hybridized carbons (Fsp3) is 0.158. The van der Waals surface area contributed by atoms with Crippen molar-refractivity contribution in [3.63, 3.8) is 0 Å². The van der Waals surface area contributed by atoms with Crippen molar-refractivity contribution in [3.05, 3.63) is 143 Å². The number of halogens is 10. The highest BCUT2D eigenvalue weighted by atomic mass is 19.3. The minimum atomic E-state index is -4.26. The number of hydrogen-bond acceptors (Lipinski definition) is 1. The van der Waals surface area contributed by atoms with Crippen LogP contribution in [0.3, 0.4) is 0 Å². The first-order chi connectivity index (χ1) is 23.3. The molecule has 0 saturated heterocycles. The van der Waals surface area contributed by atoms with Crippen LogP contribution in [0.25, 0.3) is 39.5 Å². The number of ether oxygens (including phenoxy) is 1. The van der Waals surface area contributed by atoms with Gasteiger partial charge in [0, 0.05) is 23.3 Å². The summed E-state index contributed by atoms with van der Waals surface area (Å²) in [6, 6.07) is 13.5. The van der Waals surface area contributed by atoms with Crippen LogP contribution in [-0.2, 0) is 6.42 Å². The molecule has 49 heavy (non-hydrogen) atoms. The van der Waals surface area contributed by atoms with Crippen molar-refractivity contribution < 1.29 is 48.6 Å². The van der Waals surface area contributed by atoms with Gasteiger partial charge in [-0.3, -0.25) is 0 Å². The van der Waals surface area contributed by atoms with E-state index in [0.717, 1.165) is 55.5 Å². The Morgan fingerprint density at radius 3 is 1.71 bits per heavy atom. The summed E-state index contributed by atoms with van der Waals surface area (Å²) in [6.07, 6.45) is 0.0704. The lowest BCUT2D eigenvalue weighted by Crippen LogP contribution is -2.21. The van der Waals surface area contributed by atoms with Crippen LogP contribution in [0.1, 0.15) is 37.3 Å². The summed E-state index contributed by atoms with van der Waals surface area (Å²) >= 11 is 0. The van der Waals surface area contributed by atoms with E-state index in [9.17, 15) is 35.1 Å². The highest BCUT2D eigenvalue weighted by Crippen LogP contribution is 2.35. The molecular weight excluding hydrogens is 662 g/mol. The van der Waals surface area contributed by atoms with Crippen LogP contribution in [0.15, 0.2) is 84.9 Å². The van der Waals surface area contributed by atoms with Crippen LogP contribution in [-0.4, -0.2) is 6.11 Å². The van der Waals surface area contributed by atoms with Gasteiger partial charge in [0.05, 0.1) is 5.56 Å². The lowest BCUT2D eigenvalue weighted by Gasteiger charge is -2.15. The lowest BCUT2D eigenvalue weighted by molar-refractivity contribution is -0.131. The molecule has 0 saturated carbocycles. The molecule has 0 spiro atoms. The SMILES string of the molecule is CCCCCc1ccc(-c2cc(F)c(-c3cc(F)c(/C=C/C(F)(F)Oc4ccc(-c5cc(F)c(F)c(F)c5)c(F)c4)c(F)c3)c(F)c2)cc1. The van der Waals surface area contributed by atoms with Crippen LogP contribution >= 0.6 is 0 Å². The monoisotopic (exact) mass is 688 g/mol. The Bertz CT molecular complexity index is 1950. The molecule has 5 aromatic rings. The molecule has 0 aromatic heterocycles. The molecule has 1 nitrogen and oxygen atoms in total. The molecule has 0 N–H and O–H groups in total. The average Bonchev–Trinajstić information content (AvgIpc) is 3.03. The first kappa shape index (κ1) is 35.3. The summed E-state index contributed by atoms with van der Waals surface area (Å²) in [5.41, 5.74) is -1.29. The molecule has 0 atom stereocenters. The van der Waals surface area contributed by atoms with Gasteiger partial charge in [-0.1, -0.05) is 44.0 Å².